The van der Waals surface area contributed by atoms with E-state index >= 15 is 0 Å². The summed E-state index contributed by atoms with van der Waals surface area (Å²) in [6, 6.07) is 6.25. The van der Waals surface area contributed by atoms with Crippen molar-refractivity contribution in [2.24, 2.45) is 0 Å². The Kier molecular flexibility index (Phi) is 16.2. The average Bonchev–Trinajstić information content (AvgIpc) is 3.43. The molecular formula is C38H57NO10. The molecule has 11 nitrogen and oxygen atoms in total. The van der Waals surface area contributed by atoms with Crippen molar-refractivity contribution in [1.29, 1.82) is 0 Å². The standard InChI is InChI=1S/C38H57NO10/c1-6-8-12-19-38(20-13-9-7-2)47-32-25-28(35(43)39-29(26-41)16-17-33(42)48-37(3,4)5)24-31(34(32)49-38)46-36(44)30-15-11-10-14-27(30)18-22-45-23-21-40/h10-11,14-15,18,22,25,29,31-32,34,40-41H,6-9,12-13,16-17,19-21,23-24,26H2,1-5H3,(H,39,43). The van der Waals surface area contributed by atoms with E-state index in [1.165, 1.54) is 6.26 Å². The third-order valence-electron chi connectivity index (χ3n) is 8.46. The van der Waals surface area contributed by atoms with Gasteiger partial charge in [0.25, 0.3) is 0 Å². The van der Waals surface area contributed by atoms with Crippen LogP contribution in [0.2, 0.25) is 0 Å². The van der Waals surface area contributed by atoms with Crippen molar-refractivity contribution < 1.29 is 48.3 Å². The normalized spacial score (nSPS) is 20.7. The number of carbonyl (C=O) groups excluding carboxylic acids is 3. The van der Waals surface area contributed by atoms with Crippen LogP contribution in [0.4, 0.5) is 0 Å². The largest absolute Gasteiger partial charge is 0.499 e. The molecular weight excluding hydrogens is 630 g/mol. The molecule has 274 valence electrons. The summed E-state index contributed by atoms with van der Waals surface area (Å²) in [6.07, 6.45) is 10.3. The van der Waals surface area contributed by atoms with Crippen LogP contribution in [0.1, 0.15) is 121 Å². The van der Waals surface area contributed by atoms with Crippen LogP contribution in [-0.2, 0) is 33.3 Å². The van der Waals surface area contributed by atoms with Crippen LogP contribution < -0.4 is 5.32 Å². The van der Waals surface area contributed by atoms with Crippen LogP contribution in [0.15, 0.2) is 42.2 Å². The zero-order valence-electron chi connectivity index (χ0n) is 29.9. The maximum Gasteiger partial charge on any atom is 0.339 e. The number of rotatable bonds is 20. The van der Waals surface area contributed by atoms with Crippen LogP contribution in [0.3, 0.4) is 0 Å². The lowest BCUT2D eigenvalue weighted by molar-refractivity contribution is -0.190. The fourth-order valence-electron chi connectivity index (χ4n) is 6.04. The van der Waals surface area contributed by atoms with Gasteiger partial charge in [0.1, 0.15) is 30.5 Å². The minimum Gasteiger partial charge on any atom is -0.499 e. The molecule has 0 radical (unpaired) electrons. The molecule has 11 heteroatoms. The highest BCUT2D eigenvalue weighted by Crippen LogP contribution is 2.43. The van der Waals surface area contributed by atoms with Gasteiger partial charge in [-0.1, -0.05) is 57.7 Å². The number of nitrogens with one attached hydrogen (secondary N) is 1. The van der Waals surface area contributed by atoms with Gasteiger partial charge in [-0.05, 0) is 63.8 Å². The van der Waals surface area contributed by atoms with Gasteiger partial charge < -0.3 is 39.2 Å². The summed E-state index contributed by atoms with van der Waals surface area (Å²) >= 11 is 0. The highest BCUT2D eigenvalue weighted by molar-refractivity contribution is 5.95. The number of hydrogen-bond donors (Lipinski definition) is 3. The summed E-state index contributed by atoms with van der Waals surface area (Å²) in [4.78, 5) is 39.7. The number of hydrogen-bond acceptors (Lipinski definition) is 10. The van der Waals surface area contributed by atoms with Gasteiger partial charge in [0.05, 0.1) is 31.1 Å². The van der Waals surface area contributed by atoms with Crippen LogP contribution >= 0.6 is 0 Å². The Labute approximate surface area is 291 Å². The number of aliphatic hydroxyl groups excluding tert-OH is 2. The van der Waals surface area contributed by atoms with Crippen LogP contribution in [0.25, 0.3) is 6.08 Å². The van der Waals surface area contributed by atoms with E-state index in [0.29, 0.717) is 29.5 Å². The summed E-state index contributed by atoms with van der Waals surface area (Å²) in [6.45, 7) is 9.25. The van der Waals surface area contributed by atoms with Crippen LogP contribution in [0.5, 0.6) is 0 Å². The van der Waals surface area contributed by atoms with Crippen LogP contribution in [-0.4, -0.2) is 83.6 Å². The van der Waals surface area contributed by atoms with E-state index in [-0.39, 0.29) is 39.1 Å². The Morgan fingerprint density at radius 3 is 2.37 bits per heavy atom. The number of fused-ring (bicyclic) bond motifs is 1. The molecule has 3 N–H and O–H groups in total. The van der Waals surface area contributed by atoms with Crippen molar-refractivity contribution in [1.82, 2.24) is 5.32 Å². The second-order valence-electron chi connectivity index (χ2n) is 13.8. The Morgan fingerprint density at radius 2 is 1.73 bits per heavy atom. The minimum absolute atomic E-state index is 0.0284. The van der Waals surface area contributed by atoms with Crippen molar-refractivity contribution in [3.05, 3.63) is 53.3 Å². The van der Waals surface area contributed by atoms with Gasteiger partial charge in [-0.3, -0.25) is 9.59 Å². The van der Waals surface area contributed by atoms with Gasteiger partial charge in [-0.15, -0.1) is 0 Å². The number of carbonyl (C=O) groups is 3. The summed E-state index contributed by atoms with van der Waals surface area (Å²) in [7, 11) is 0. The van der Waals surface area contributed by atoms with Crippen molar-refractivity contribution in [3.63, 3.8) is 0 Å². The van der Waals surface area contributed by atoms with Crippen LogP contribution in [0, 0.1) is 0 Å². The average molecular weight is 688 g/mol. The molecule has 4 unspecified atom stereocenters. The molecule has 0 aromatic heterocycles. The smallest absolute Gasteiger partial charge is 0.339 e. The molecule has 1 saturated heterocycles. The SMILES string of the molecule is CCCCCC1(CCCCC)OC2C=C(C(=O)NC(CO)CCC(=O)OC(C)(C)C)CC(OC(=O)c3ccccc3C=COCCO)C2O1. The summed E-state index contributed by atoms with van der Waals surface area (Å²) in [5.74, 6) is -2.30. The van der Waals surface area contributed by atoms with Crippen molar-refractivity contribution in [2.45, 2.75) is 141 Å². The monoisotopic (exact) mass is 687 g/mol. The van der Waals surface area contributed by atoms with Gasteiger partial charge in [-0.2, -0.15) is 0 Å². The molecule has 1 fully saturated rings. The first-order chi connectivity index (χ1) is 23.4. The second-order valence-corrected chi connectivity index (χ2v) is 13.8. The maximum absolute atomic E-state index is 13.7. The molecule has 0 spiro atoms. The van der Waals surface area contributed by atoms with E-state index < -0.39 is 53.6 Å². The molecule has 1 aliphatic carbocycles. The van der Waals surface area contributed by atoms with Gasteiger partial charge in [0.15, 0.2) is 5.79 Å². The molecule has 0 saturated carbocycles. The molecule has 49 heavy (non-hydrogen) atoms. The van der Waals surface area contributed by atoms with Gasteiger partial charge in [-0.25, -0.2) is 4.79 Å². The lowest BCUT2D eigenvalue weighted by Crippen LogP contribution is -2.45. The first-order valence-electron chi connectivity index (χ1n) is 17.8. The lowest BCUT2D eigenvalue weighted by atomic mass is 9.91. The number of benzene rings is 1. The van der Waals surface area contributed by atoms with E-state index in [0.717, 1.165) is 38.5 Å². The highest BCUT2D eigenvalue weighted by Gasteiger charge is 2.52. The Balaban J connectivity index is 1.86. The lowest BCUT2D eigenvalue weighted by Gasteiger charge is -2.31. The number of unbranched alkanes of at least 4 members (excludes halogenated alkanes) is 4. The topological polar surface area (TPSA) is 150 Å². The van der Waals surface area contributed by atoms with E-state index in [2.05, 4.69) is 19.2 Å². The molecule has 1 aliphatic heterocycles. The maximum atomic E-state index is 13.7. The molecule has 1 amide bonds. The van der Waals surface area contributed by atoms with E-state index in [1.807, 2.05) is 0 Å². The number of ether oxygens (including phenoxy) is 5. The molecule has 1 aromatic carbocycles. The van der Waals surface area contributed by atoms with Crippen molar-refractivity contribution in [2.75, 3.05) is 19.8 Å². The Bertz CT molecular complexity index is 1260. The Hall–Kier alpha value is -3.25. The predicted octanol–water partition coefficient (Wildman–Crippen LogP) is 5.76. The van der Waals surface area contributed by atoms with Gasteiger partial charge >= 0.3 is 11.9 Å². The van der Waals surface area contributed by atoms with Crippen molar-refractivity contribution >= 4 is 23.9 Å². The highest BCUT2D eigenvalue weighted by atomic mass is 16.8. The number of aliphatic hydroxyl groups is 2. The van der Waals surface area contributed by atoms with Gasteiger partial charge in [0.2, 0.25) is 5.91 Å². The molecule has 0 bridgehead atoms. The molecule has 1 aromatic rings. The molecule has 3 rings (SSSR count). The van der Waals surface area contributed by atoms with E-state index in [4.69, 9.17) is 28.8 Å². The summed E-state index contributed by atoms with van der Waals surface area (Å²) < 4.78 is 30.2. The second kappa shape index (κ2) is 19.8. The first-order valence-corrected chi connectivity index (χ1v) is 17.8. The fraction of sp³-hybridized carbons (Fsp3) is 0.658. The predicted molar refractivity (Wildman–Crippen MR) is 185 cm³/mol. The first kappa shape index (κ1) is 40.2. The number of amides is 1. The third kappa shape index (κ3) is 12.9. The van der Waals surface area contributed by atoms with E-state index in [1.54, 1.807) is 57.2 Å². The van der Waals surface area contributed by atoms with E-state index in [9.17, 15) is 19.5 Å². The molecule has 1 heterocycles. The quantitative estimate of drug-likeness (QED) is 0.0877. The minimum atomic E-state index is -0.863. The van der Waals surface area contributed by atoms with Crippen molar-refractivity contribution in [3.8, 4) is 0 Å². The molecule has 4 atom stereocenters. The van der Waals surface area contributed by atoms with Gasteiger partial charge in [0, 0.05) is 31.3 Å². The zero-order chi connectivity index (χ0) is 35.9. The Morgan fingerprint density at radius 1 is 1.04 bits per heavy atom. The molecule has 2 aliphatic rings. The number of esters is 2. The third-order valence-corrected chi connectivity index (χ3v) is 8.46. The summed E-state index contributed by atoms with van der Waals surface area (Å²) in [5, 5.41) is 21.9. The zero-order valence-corrected chi connectivity index (χ0v) is 29.9. The fourth-order valence-corrected chi connectivity index (χ4v) is 6.04. The summed E-state index contributed by atoms with van der Waals surface area (Å²) in [5.41, 5.74) is 0.587.